The van der Waals surface area contributed by atoms with Gasteiger partial charge in [-0.2, -0.15) is 0 Å². The van der Waals surface area contributed by atoms with Crippen molar-refractivity contribution in [2.45, 2.75) is 16.6 Å². The summed E-state index contributed by atoms with van der Waals surface area (Å²) < 4.78 is 1.20. The molecule has 0 bridgehead atoms. The van der Waals surface area contributed by atoms with Crippen LogP contribution in [0.5, 0.6) is 0 Å². The lowest BCUT2D eigenvalue weighted by molar-refractivity contribution is 1.21. The maximum atomic E-state index is 3.77. The Morgan fingerprint density at radius 1 is 1.24 bits per heavy atom. The fourth-order valence-corrected chi connectivity index (χ4v) is 4.24. The average molecular weight is 392 g/mol. The monoisotopic (exact) mass is 390 g/mol. The minimum absolute atomic E-state index is 0.286. The second-order valence-electron chi connectivity index (χ2n) is 3.69. The highest BCUT2D eigenvalue weighted by Gasteiger charge is 2.14. The van der Waals surface area contributed by atoms with Gasteiger partial charge in [0.05, 0.1) is 4.83 Å². The molecule has 0 aliphatic rings. The number of aryl methyl sites for hydroxylation is 1. The third-order valence-corrected chi connectivity index (χ3v) is 6.80. The Balaban J connectivity index is 2.26. The smallest absolute Gasteiger partial charge is 0.0738 e. The molecule has 2 rings (SSSR count). The zero-order chi connectivity index (χ0) is 12.4. The summed E-state index contributed by atoms with van der Waals surface area (Å²) in [5.74, 6) is 0. The van der Waals surface area contributed by atoms with Crippen LogP contribution in [0.25, 0.3) is 0 Å². The van der Waals surface area contributed by atoms with Crippen LogP contribution in [0.1, 0.15) is 20.1 Å². The van der Waals surface area contributed by atoms with Crippen LogP contribution < -0.4 is 0 Å². The lowest BCUT2D eigenvalue weighted by atomic mass is 10.1. The van der Waals surface area contributed by atoms with Crippen LogP contribution in [-0.2, 0) is 0 Å². The van der Waals surface area contributed by atoms with Crippen LogP contribution >= 0.6 is 55.0 Å². The second-order valence-corrected chi connectivity index (χ2v) is 7.63. The van der Waals surface area contributed by atoms with Crippen molar-refractivity contribution in [2.75, 3.05) is 6.26 Å². The maximum absolute atomic E-state index is 3.77. The molecule has 1 heterocycles. The van der Waals surface area contributed by atoms with Gasteiger partial charge in [-0.25, -0.2) is 0 Å². The zero-order valence-corrected chi connectivity index (χ0v) is 14.3. The Kier molecular flexibility index (Phi) is 4.75. The summed E-state index contributed by atoms with van der Waals surface area (Å²) in [6.45, 7) is 2.13. The Morgan fingerprint density at radius 2 is 1.88 bits per heavy atom. The number of rotatable bonds is 3. The molecule has 0 N–H and O–H groups in total. The molecule has 90 valence electrons. The van der Waals surface area contributed by atoms with E-state index in [0.29, 0.717) is 0 Å². The van der Waals surface area contributed by atoms with Crippen LogP contribution in [0, 0.1) is 6.92 Å². The van der Waals surface area contributed by atoms with Crippen molar-refractivity contribution in [3.8, 4) is 0 Å². The number of benzene rings is 1. The van der Waals surface area contributed by atoms with Gasteiger partial charge in [-0.15, -0.1) is 23.1 Å². The van der Waals surface area contributed by atoms with Gasteiger partial charge < -0.3 is 0 Å². The number of hydrogen-bond acceptors (Lipinski definition) is 2. The Bertz CT molecular complexity index is 483. The van der Waals surface area contributed by atoms with E-state index in [1.165, 1.54) is 24.7 Å². The van der Waals surface area contributed by atoms with E-state index in [9.17, 15) is 0 Å². The largest absolute Gasteiger partial charge is 0.143 e. The first-order chi connectivity index (χ1) is 8.11. The minimum atomic E-state index is 0.286. The normalized spacial score (nSPS) is 12.7. The molecular weight excluding hydrogens is 380 g/mol. The molecule has 0 aliphatic carbocycles. The highest BCUT2D eigenvalue weighted by Crippen LogP contribution is 2.38. The minimum Gasteiger partial charge on any atom is -0.143 e. The molecule has 1 atom stereocenters. The fraction of sp³-hybridized carbons (Fsp3) is 0.231. The lowest BCUT2D eigenvalue weighted by Crippen LogP contribution is -1.88. The third kappa shape index (κ3) is 3.16. The number of halogens is 2. The highest BCUT2D eigenvalue weighted by molar-refractivity contribution is 9.10. The van der Waals surface area contributed by atoms with Crippen molar-refractivity contribution in [1.29, 1.82) is 0 Å². The van der Waals surface area contributed by atoms with Gasteiger partial charge in [0.15, 0.2) is 0 Å². The summed E-state index contributed by atoms with van der Waals surface area (Å²) in [5, 5.41) is 0. The topological polar surface area (TPSA) is 0 Å². The predicted molar refractivity (Wildman–Crippen MR) is 85.7 cm³/mol. The molecule has 0 saturated carbocycles. The molecule has 0 radical (unpaired) electrons. The van der Waals surface area contributed by atoms with E-state index < -0.39 is 0 Å². The summed E-state index contributed by atoms with van der Waals surface area (Å²) in [6, 6.07) is 10.9. The van der Waals surface area contributed by atoms with E-state index in [1.807, 2.05) is 11.3 Å². The van der Waals surface area contributed by atoms with Gasteiger partial charge in [-0.1, -0.05) is 28.1 Å². The van der Waals surface area contributed by atoms with Crippen LogP contribution in [-0.4, -0.2) is 6.26 Å². The molecule has 1 aromatic heterocycles. The van der Waals surface area contributed by atoms with E-state index in [2.05, 4.69) is 75.4 Å². The first-order valence-electron chi connectivity index (χ1n) is 5.15. The summed E-state index contributed by atoms with van der Waals surface area (Å²) >= 11 is 10.9. The van der Waals surface area contributed by atoms with Crippen molar-refractivity contribution in [2.24, 2.45) is 0 Å². The SMILES string of the molecule is CSc1ccc(C(Br)c2cc(Br)c(C)s2)cc1. The Labute approximate surface area is 127 Å². The van der Waals surface area contributed by atoms with Crippen LogP contribution in [0.3, 0.4) is 0 Å². The van der Waals surface area contributed by atoms with Crippen molar-refractivity contribution in [1.82, 2.24) is 0 Å². The molecule has 0 spiro atoms. The number of alkyl halides is 1. The maximum Gasteiger partial charge on any atom is 0.0738 e. The van der Waals surface area contributed by atoms with E-state index in [-0.39, 0.29) is 4.83 Å². The van der Waals surface area contributed by atoms with Crippen molar-refractivity contribution in [3.05, 3.63) is 50.1 Å². The van der Waals surface area contributed by atoms with Crippen LogP contribution in [0.4, 0.5) is 0 Å². The van der Waals surface area contributed by atoms with E-state index in [1.54, 1.807) is 11.8 Å². The lowest BCUT2D eigenvalue weighted by Gasteiger charge is -2.08. The molecule has 0 amide bonds. The summed E-state index contributed by atoms with van der Waals surface area (Å²) in [5.41, 5.74) is 1.30. The average Bonchev–Trinajstić information content (AvgIpc) is 2.69. The first-order valence-corrected chi connectivity index (χ1v) is 8.90. The van der Waals surface area contributed by atoms with Crippen molar-refractivity contribution >= 4 is 55.0 Å². The van der Waals surface area contributed by atoms with Gasteiger partial charge in [0.2, 0.25) is 0 Å². The number of thiophene rings is 1. The molecule has 1 aromatic carbocycles. The molecule has 0 aliphatic heterocycles. The van der Waals surface area contributed by atoms with Gasteiger partial charge in [0.1, 0.15) is 0 Å². The van der Waals surface area contributed by atoms with E-state index >= 15 is 0 Å². The van der Waals surface area contributed by atoms with E-state index in [0.717, 1.165) is 0 Å². The fourth-order valence-electron chi connectivity index (χ4n) is 1.54. The second kappa shape index (κ2) is 5.91. The van der Waals surface area contributed by atoms with Gasteiger partial charge >= 0.3 is 0 Å². The molecule has 1 unspecified atom stereocenters. The summed E-state index contributed by atoms with van der Waals surface area (Å²) in [6.07, 6.45) is 2.10. The van der Waals surface area contributed by atoms with Crippen molar-refractivity contribution < 1.29 is 0 Å². The number of hydrogen-bond donors (Lipinski definition) is 0. The molecule has 0 saturated heterocycles. The highest BCUT2D eigenvalue weighted by atomic mass is 79.9. The van der Waals surface area contributed by atoms with Gasteiger partial charge in [-0.3, -0.25) is 0 Å². The quantitative estimate of drug-likeness (QED) is 0.454. The summed E-state index contributed by atoms with van der Waals surface area (Å²) in [7, 11) is 0. The molecule has 2 aromatic rings. The van der Waals surface area contributed by atoms with Gasteiger partial charge in [-0.05, 0) is 52.9 Å². The molecular formula is C13H12Br2S2. The third-order valence-electron chi connectivity index (χ3n) is 2.53. The van der Waals surface area contributed by atoms with Crippen LogP contribution in [0.2, 0.25) is 0 Å². The van der Waals surface area contributed by atoms with E-state index in [4.69, 9.17) is 0 Å². The van der Waals surface area contributed by atoms with Gasteiger partial charge in [0, 0.05) is 19.1 Å². The Hall–Kier alpha value is 0.230. The molecule has 17 heavy (non-hydrogen) atoms. The Morgan fingerprint density at radius 3 is 2.35 bits per heavy atom. The van der Waals surface area contributed by atoms with Crippen LogP contribution in [0.15, 0.2) is 39.7 Å². The van der Waals surface area contributed by atoms with Crippen molar-refractivity contribution in [3.63, 3.8) is 0 Å². The molecule has 0 nitrogen and oxygen atoms in total. The molecule has 0 fully saturated rings. The van der Waals surface area contributed by atoms with Gasteiger partial charge in [0.25, 0.3) is 0 Å². The predicted octanol–water partition coefficient (Wildman–Crippen LogP) is 6.03. The first kappa shape index (κ1) is 13.7. The standard InChI is InChI=1S/C13H12Br2S2/c1-8-11(14)7-12(17-8)13(15)9-3-5-10(16-2)6-4-9/h3-7,13H,1-2H3. The molecule has 4 heteroatoms. The number of thioether (sulfide) groups is 1. The zero-order valence-electron chi connectivity index (χ0n) is 9.54. The summed E-state index contributed by atoms with van der Waals surface area (Å²) in [4.78, 5) is 4.25.